The molecule has 0 aromatic rings. The average Bonchev–Trinajstić information content (AvgIpc) is 3.06. The number of rotatable bonds is 6. The van der Waals surface area contributed by atoms with Crippen molar-refractivity contribution in [2.45, 2.75) is 44.5 Å². The van der Waals surface area contributed by atoms with Crippen molar-refractivity contribution < 1.29 is 14.3 Å². The van der Waals surface area contributed by atoms with E-state index < -0.39 is 0 Å². The standard InChI is InChI=1S/C13H24N2O3/c1-9(2)11-14-13(5-6-13)12(16)15(11)7-10(18-4)8-17-3/h9-11,14H,5-8H2,1-4H3. The Balaban J connectivity index is 2.05. The highest BCUT2D eigenvalue weighted by Gasteiger charge is 2.59. The van der Waals surface area contributed by atoms with E-state index in [2.05, 4.69) is 19.2 Å². The maximum absolute atomic E-state index is 12.4. The minimum Gasteiger partial charge on any atom is -0.382 e. The lowest BCUT2D eigenvalue weighted by atomic mass is 10.1. The summed E-state index contributed by atoms with van der Waals surface area (Å²) in [5.41, 5.74) is -0.250. The van der Waals surface area contributed by atoms with Gasteiger partial charge in [0.2, 0.25) is 5.91 Å². The van der Waals surface area contributed by atoms with Gasteiger partial charge in [-0.3, -0.25) is 10.1 Å². The minimum atomic E-state index is -0.250. The number of hydrogen-bond acceptors (Lipinski definition) is 4. The smallest absolute Gasteiger partial charge is 0.244 e. The molecule has 2 unspecified atom stereocenters. The van der Waals surface area contributed by atoms with Crippen LogP contribution in [-0.4, -0.2) is 56.0 Å². The first-order valence-corrected chi connectivity index (χ1v) is 6.64. The molecule has 5 nitrogen and oxygen atoms in total. The first kappa shape index (κ1) is 13.8. The monoisotopic (exact) mass is 256 g/mol. The molecular weight excluding hydrogens is 232 g/mol. The minimum absolute atomic E-state index is 0.0594. The zero-order valence-electron chi connectivity index (χ0n) is 11.7. The van der Waals surface area contributed by atoms with Crippen LogP contribution in [0.2, 0.25) is 0 Å². The van der Waals surface area contributed by atoms with Gasteiger partial charge < -0.3 is 14.4 Å². The van der Waals surface area contributed by atoms with Gasteiger partial charge in [-0.15, -0.1) is 0 Å². The zero-order valence-corrected chi connectivity index (χ0v) is 11.7. The molecule has 1 heterocycles. The SMILES string of the molecule is COCC(CN1C(=O)C2(CC2)NC1C(C)C)OC. The lowest BCUT2D eigenvalue weighted by molar-refractivity contribution is -0.133. The van der Waals surface area contributed by atoms with Gasteiger partial charge in [-0.05, 0) is 18.8 Å². The van der Waals surface area contributed by atoms with Gasteiger partial charge in [0, 0.05) is 14.2 Å². The van der Waals surface area contributed by atoms with Crippen LogP contribution in [0.5, 0.6) is 0 Å². The average molecular weight is 256 g/mol. The molecule has 1 spiro atoms. The summed E-state index contributed by atoms with van der Waals surface area (Å²) < 4.78 is 10.5. The highest BCUT2D eigenvalue weighted by Crippen LogP contribution is 2.43. The molecule has 18 heavy (non-hydrogen) atoms. The summed E-state index contributed by atoms with van der Waals surface area (Å²) in [6.07, 6.45) is 1.99. The fourth-order valence-electron chi connectivity index (χ4n) is 2.63. The number of carbonyl (C=O) groups is 1. The van der Waals surface area contributed by atoms with Gasteiger partial charge in [0.05, 0.1) is 31.0 Å². The number of ether oxygens (including phenoxy) is 2. The van der Waals surface area contributed by atoms with Gasteiger partial charge in [0.25, 0.3) is 0 Å². The van der Waals surface area contributed by atoms with Crippen LogP contribution in [0, 0.1) is 5.92 Å². The molecule has 1 saturated heterocycles. The summed E-state index contributed by atoms with van der Waals surface area (Å²) in [6.45, 7) is 5.38. The molecule has 0 radical (unpaired) electrons. The molecule has 0 aromatic carbocycles. The van der Waals surface area contributed by atoms with Crippen molar-refractivity contribution in [3.05, 3.63) is 0 Å². The van der Waals surface area contributed by atoms with E-state index in [0.717, 1.165) is 12.8 Å². The molecule has 1 aliphatic carbocycles. The lowest BCUT2D eigenvalue weighted by Gasteiger charge is -2.30. The Bertz CT molecular complexity index is 315. The maximum Gasteiger partial charge on any atom is 0.244 e. The summed E-state index contributed by atoms with van der Waals surface area (Å²) >= 11 is 0. The Morgan fingerprint density at radius 1 is 1.44 bits per heavy atom. The third-order valence-electron chi connectivity index (χ3n) is 3.90. The molecule has 2 aliphatic rings. The van der Waals surface area contributed by atoms with E-state index in [-0.39, 0.29) is 23.7 Å². The van der Waals surface area contributed by atoms with Gasteiger partial charge in [-0.25, -0.2) is 0 Å². The molecule has 104 valence electrons. The number of methoxy groups -OCH3 is 2. The molecule has 5 heteroatoms. The molecule has 2 rings (SSSR count). The largest absolute Gasteiger partial charge is 0.382 e. The molecule has 0 bridgehead atoms. The van der Waals surface area contributed by atoms with Crippen LogP contribution >= 0.6 is 0 Å². The summed E-state index contributed by atoms with van der Waals surface area (Å²) in [5, 5.41) is 3.49. The van der Waals surface area contributed by atoms with E-state index >= 15 is 0 Å². The Hall–Kier alpha value is -0.650. The van der Waals surface area contributed by atoms with Gasteiger partial charge >= 0.3 is 0 Å². The predicted octanol–water partition coefficient (Wildman–Crippen LogP) is 0.594. The van der Waals surface area contributed by atoms with Crippen LogP contribution in [0.1, 0.15) is 26.7 Å². The second-order valence-corrected chi connectivity index (χ2v) is 5.69. The van der Waals surface area contributed by atoms with Gasteiger partial charge in [0.1, 0.15) is 0 Å². The number of nitrogens with one attached hydrogen (secondary N) is 1. The third-order valence-corrected chi connectivity index (χ3v) is 3.90. The maximum atomic E-state index is 12.4. The summed E-state index contributed by atoms with van der Waals surface area (Å²) in [6, 6.07) is 0. The van der Waals surface area contributed by atoms with Crippen LogP contribution in [-0.2, 0) is 14.3 Å². The summed E-state index contributed by atoms with van der Waals surface area (Å²) in [5.74, 6) is 0.633. The van der Waals surface area contributed by atoms with Crippen LogP contribution in [0.4, 0.5) is 0 Å². The summed E-state index contributed by atoms with van der Waals surface area (Å²) in [7, 11) is 3.31. The highest BCUT2D eigenvalue weighted by atomic mass is 16.5. The Morgan fingerprint density at radius 2 is 2.11 bits per heavy atom. The molecular formula is C13H24N2O3. The van der Waals surface area contributed by atoms with E-state index in [9.17, 15) is 4.79 Å². The van der Waals surface area contributed by atoms with E-state index in [1.807, 2.05) is 4.90 Å². The van der Waals surface area contributed by atoms with Crippen molar-refractivity contribution >= 4 is 5.91 Å². The highest BCUT2D eigenvalue weighted by molar-refractivity contribution is 5.91. The fraction of sp³-hybridized carbons (Fsp3) is 0.923. The van der Waals surface area contributed by atoms with E-state index in [4.69, 9.17) is 9.47 Å². The Kier molecular flexibility index (Phi) is 3.94. The van der Waals surface area contributed by atoms with Gasteiger partial charge in [-0.2, -0.15) is 0 Å². The number of hydrogen-bond donors (Lipinski definition) is 1. The van der Waals surface area contributed by atoms with Gasteiger partial charge in [-0.1, -0.05) is 13.8 Å². The molecule has 0 aromatic heterocycles. The first-order chi connectivity index (χ1) is 8.54. The quantitative estimate of drug-likeness (QED) is 0.756. The van der Waals surface area contributed by atoms with Crippen molar-refractivity contribution in [3.63, 3.8) is 0 Å². The second kappa shape index (κ2) is 5.15. The normalized spacial score (nSPS) is 27.3. The van der Waals surface area contributed by atoms with E-state index in [1.54, 1.807) is 14.2 Å². The molecule has 2 atom stereocenters. The first-order valence-electron chi connectivity index (χ1n) is 6.64. The van der Waals surface area contributed by atoms with Crippen LogP contribution in [0.25, 0.3) is 0 Å². The molecule has 1 aliphatic heterocycles. The number of carbonyl (C=O) groups excluding carboxylic acids is 1. The van der Waals surface area contributed by atoms with Crippen molar-refractivity contribution in [3.8, 4) is 0 Å². The Labute approximate surface area is 109 Å². The fourth-order valence-corrected chi connectivity index (χ4v) is 2.63. The van der Waals surface area contributed by atoms with E-state index in [1.165, 1.54) is 0 Å². The molecule has 1 N–H and O–H groups in total. The van der Waals surface area contributed by atoms with Crippen molar-refractivity contribution in [1.82, 2.24) is 10.2 Å². The van der Waals surface area contributed by atoms with Crippen molar-refractivity contribution in [1.29, 1.82) is 0 Å². The zero-order chi connectivity index (χ0) is 13.3. The topological polar surface area (TPSA) is 50.8 Å². The molecule has 1 saturated carbocycles. The third kappa shape index (κ3) is 2.39. The second-order valence-electron chi connectivity index (χ2n) is 5.69. The van der Waals surface area contributed by atoms with Gasteiger partial charge in [0.15, 0.2) is 0 Å². The number of nitrogens with zero attached hydrogens (tertiary/aromatic N) is 1. The molecule has 2 fully saturated rings. The van der Waals surface area contributed by atoms with E-state index in [0.29, 0.717) is 19.1 Å². The molecule has 1 amide bonds. The number of amides is 1. The van der Waals surface area contributed by atoms with Crippen molar-refractivity contribution in [2.75, 3.05) is 27.4 Å². The van der Waals surface area contributed by atoms with Crippen LogP contribution < -0.4 is 5.32 Å². The van der Waals surface area contributed by atoms with Crippen LogP contribution in [0.3, 0.4) is 0 Å². The van der Waals surface area contributed by atoms with Crippen LogP contribution in [0.15, 0.2) is 0 Å². The van der Waals surface area contributed by atoms with Crippen molar-refractivity contribution in [2.24, 2.45) is 5.92 Å². The Morgan fingerprint density at radius 3 is 2.56 bits per heavy atom. The summed E-state index contributed by atoms with van der Waals surface area (Å²) in [4.78, 5) is 14.4. The lowest BCUT2D eigenvalue weighted by Crippen LogP contribution is -2.46. The predicted molar refractivity (Wildman–Crippen MR) is 68.1 cm³/mol.